The van der Waals surface area contributed by atoms with Gasteiger partial charge < -0.3 is 5.32 Å². The summed E-state index contributed by atoms with van der Waals surface area (Å²) in [5.74, 6) is -0.237. The molecule has 0 spiro atoms. The monoisotopic (exact) mass is 335 g/mol. The molecule has 1 amide bonds. The van der Waals surface area contributed by atoms with E-state index in [1.807, 2.05) is 31.2 Å². The van der Waals surface area contributed by atoms with Crippen LogP contribution in [-0.2, 0) is 4.79 Å². The lowest BCUT2D eigenvalue weighted by Crippen LogP contribution is -2.26. The Balaban J connectivity index is 1.83. The Morgan fingerprint density at radius 2 is 1.95 bits per heavy atom. The molecular weight excluding hydrogens is 321 g/mol. The highest BCUT2D eigenvalue weighted by molar-refractivity contribution is 6.42. The maximum atomic E-state index is 11.7. The topological polar surface area (TPSA) is 53.5 Å². The van der Waals surface area contributed by atoms with E-state index in [1.54, 1.807) is 18.2 Å². The highest BCUT2D eigenvalue weighted by Gasteiger charge is 2.01. The Morgan fingerprint density at radius 3 is 2.68 bits per heavy atom. The standard InChI is InChI=1S/C16H15Cl2N3O/c1-11-4-2-3-5-15(11)19-10-16(22)21-20-9-12-6-7-13(17)14(18)8-12/h2-9,19H,10H2,1H3,(H,21,22)/b20-9-. The van der Waals surface area contributed by atoms with Gasteiger partial charge in [-0.1, -0.05) is 47.5 Å². The van der Waals surface area contributed by atoms with Crippen molar-refractivity contribution in [3.8, 4) is 0 Å². The van der Waals surface area contributed by atoms with Crippen LogP contribution in [0.4, 0.5) is 5.69 Å². The van der Waals surface area contributed by atoms with Crippen molar-refractivity contribution in [1.82, 2.24) is 5.43 Å². The van der Waals surface area contributed by atoms with E-state index in [-0.39, 0.29) is 12.5 Å². The van der Waals surface area contributed by atoms with Gasteiger partial charge >= 0.3 is 0 Å². The van der Waals surface area contributed by atoms with E-state index < -0.39 is 0 Å². The molecule has 6 heteroatoms. The first-order valence-corrected chi connectivity index (χ1v) is 7.38. The molecule has 0 radical (unpaired) electrons. The molecule has 0 aliphatic rings. The summed E-state index contributed by atoms with van der Waals surface area (Å²) in [5, 5.41) is 7.85. The third kappa shape index (κ3) is 4.76. The number of nitrogens with zero attached hydrogens (tertiary/aromatic N) is 1. The number of para-hydroxylation sites is 1. The predicted octanol–water partition coefficient (Wildman–Crippen LogP) is 3.86. The number of hydrazone groups is 1. The van der Waals surface area contributed by atoms with Crippen LogP contribution in [0.25, 0.3) is 0 Å². The van der Waals surface area contributed by atoms with Gasteiger partial charge in [-0.05, 0) is 36.2 Å². The third-order valence-corrected chi connectivity index (χ3v) is 3.67. The number of carbonyl (C=O) groups excluding carboxylic acids is 1. The van der Waals surface area contributed by atoms with Gasteiger partial charge in [-0.2, -0.15) is 5.10 Å². The molecule has 0 heterocycles. The molecule has 0 bridgehead atoms. The Labute approximate surface area is 139 Å². The molecule has 22 heavy (non-hydrogen) atoms. The smallest absolute Gasteiger partial charge is 0.259 e. The maximum absolute atomic E-state index is 11.7. The lowest BCUT2D eigenvalue weighted by Gasteiger charge is -2.07. The molecule has 114 valence electrons. The van der Waals surface area contributed by atoms with Gasteiger partial charge in [0.2, 0.25) is 0 Å². The van der Waals surface area contributed by atoms with Crippen molar-refractivity contribution in [3.05, 3.63) is 63.6 Å². The second kappa shape index (κ2) is 7.82. The fourth-order valence-electron chi connectivity index (χ4n) is 1.76. The lowest BCUT2D eigenvalue weighted by molar-refractivity contribution is -0.119. The van der Waals surface area contributed by atoms with Gasteiger partial charge in [0.15, 0.2) is 0 Å². The van der Waals surface area contributed by atoms with Gasteiger partial charge in [-0.25, -0.2) is 5.43 Å². The second-order valence-corrected chi connectivity index (χ2v) is 5.45. The van der Waals surface area contributed by atoms with Crippen molar-refractivity contribution in [3.63, 3.8) is 0 Å². The molecular formula is C16H15Cl2N3O. The minimum Gasteiger partial charge on any atom is -0.376 e. The van der Waals surface area contributed by atoms with Crippen molar-refractivity contribution in [2.75, 3.05) is 11.9 Å². The van der Waals surface area contributed by atoms with Crippen LogP contribution in [0, 0.1) is 6.92 Å². The number of benzene rings is 2. The SMILES string of the molecule is Cc1ccccc1NCC(=O)N/N=C\c1ccc(Cl)c(Cl)c1. The van der Waals surface area contributed by atoms with Crippen molar-refractivity contribution < 1.29 is 4.79 Å². The molecule has 2 N–H and O–H groups in total. The summed E-state index contributed by atoms with van der Waals surface area (Å²) in [6.45, 7) is 2.12. The zero-order valence-corrected chi connectivity index (χ0v) is 13.4. The fraction of sp³-hybridized carbons (Fsp3) is 0.125. The number of rotatable bonds is 5. The normalized spacial score (nSPS) is 10.7. The van der Waals surface area contributed by atoms with Crippen molar-refractivity contribution in [1.29, 1.82) is 0 Å². The van der Waals surface area contributed by atoms with Crippen molar-refractivity contribution in [2.45, 2.75) is 6.92 Å². The molecule has 0 aromatic heterocycles. The number of nitrogens with one attached hydrogen (secondary N) is 2. The van der Waals surface area contributed by atoms with Crippen molar-refractivity contribution in [2.24, 2.45) is 5.10 Å². The molecule has 2 aromatic carbocycles. The molecule has 2 rings (SSSR count). The zero-order valence-electron chi connectivity index (χ0n) is 11.9. The molecule has 0 unspecified atom stereocenters. The van der Waals surface area contributed by atoms with Gasteiger partial charge in [0.1, 0.15) is 0 Å². The summed E-state index contributed by atoms with van der Waals surface area (Å²) < 4.78 is 0. The quantitative estimate of drug-likeness (QED) is 0.643. The van der Waals surface area contributed by atoms with Crippen LogP contribution in [0.3, 0.4) is 0 Å². The highest BCUT2D eigenvalue weighted by Crippen LogP contribution is 2.21. The molecule has 0 fully saturated rings. The van der Waals surface area contributed by atoms with E-state index in [2.05, 4.69) is 15.8 Å². The fourth-order valence-corrected chi connectivity index (χ4v) is 2.06. The van der Waals surface area contributed by atoms with Crippen LogP contribution in [0.15, 0.2) is 47.6 Å². The van der Waals surface area contributed by atoms with Crippen molar-refractivity contribution >= 4 is 41.0 Å². The minimum absolute atomic E-state index is 0.142. The molecule has 0 saturated carbocycles. The summed E-state index contributed by atoms with van der Waals surface area (Å²) in [7, 11) is 0. The third-order valence-electron chi connectivity index (χ3n) is 2.93. The van der Waals surface area contributed by atoms with E-state index in [4.69, 9.17) is 23.2 Å². The summed E-state index contributed by atoms with van der Waals surface area (Å²) >= 11 is 11.7. The van der Waals surface area contributed by atoms with Gasteiger partial charge in [0, 0.05) is 5.69 Å². The number of anilines is 1. The van der Waals surface area contributed by atoms with E-state index in [1.165, 1.54) is 6.21 Å². The first kappa shape index (κ1) is 16.3. The zero-order chi connectivity index (χ0) is 15.9. The second-order valence-electron chi connectivity index (χ2n) is 4.64. The van der Waals surface area contributed by atoms with Crippen LogP contribution in [0.5, 0.6) is 0 Å². The van der Waals surface area contributed by atoms with Gasteiger partial charge in [-0.3, -0.25) is 4.79 Å². The maximum Gasteiger partial charge on any atom is 0.259 e. The van der Waals surface area contributed by atoms with Crippen LogP contribution < -0.4 is 10.7 Å². The van der Waals surface area contributed by atoms with Crippen LogP contribution >= 0.6 is 23.2 Å². The number of aryl methyl sites for hydroxylation is 1. The minimum atomic E-state index is -0.237. The van der Waals surface area contributed by atoms with Gasteiger partial charge in [-0.15, -0.1) is 0 Å². The summed E-state index contributed by atoms with van der Waals surface area (Å²) in [4.78, 5) is 11.7. The average Bonchev–Trinajstić information content (AvgIpc) is 2.50. The Bertz CT molecular complexity index is 702. The molecule has 0 aliphatic heterocycles. The number of hydrogen-bond acceptors (Lipinski definition) is 3. The number of hydrogen-bond donors (Lipinski definition) is 2. The summed E-state index contributed by atoms with van der Waals surface area (Å²) in [6, 6.07) is 12.9. The van der Waals surface area contributed by atoms with E-state index in [0.717, 1.165) is 16.8 Å². The molecule has 0 aliphatic carbocycles. The average molecular weight is 336 g/mol. The van der Waals surface area contributed by atoms with E-state index in [9.17, 15) is 4.79 Å². The number of halogens is 2. The Morgan fingerprint density at radius 1 is 1.18 bits per heavy atom. The summed E-state index contributed by atoms with van der Waals surface area (Å²) in [5.41, 5.74) is 5.20. The highest BCUT2D eigenvalue weighted by atomic mass is 35.5. The van der Waals surface area contributed by atoms with E-state index >= 15 is 0 Å². The van der Waals surface area contributed by atoms with Crippen LogP contribution in [-0.4, -0.2) is 18.7 Å². The van der Waals surface area contributed by atoms with Crippen LogP contribution in [0.1, 0.15) is 11.1 Å². The Kier molecular flexibility index (Phi) is 5.81. The number of amides is 1. The van der Waals surface area contributed by atoms with Gasteiger partial charge in [0.25, 0.3) is 5.91 Å². The predicted molar refractivity (Wildman–Crippen MR) is 91.9 cm³/mol. The molecule has 0 atom stereocenters. The first-order chi connectivity index (χ1) is 10.6. The molecule has 0 saturated heterocycles. The van der Waals surface area contributed by atoms with E-state index in [0.29, 0.717) is 10.0 Å². The molecule has 4 nitrogen and oxygen atoms in total. The Hall–Kier alpha value is -2.04. The largest absolute Gasteiger partial charge is 0.376 e. The molecule has 2 aromatic rings. The van der Waals surface area contributed by atoms with Crippen LogP contribution in [0.2, 0.25) is 10.0 Å². The van der Waals surface area contributed by atoms with Gasteiger partial charge in [0.05, 0.1) is 22.8 Å². The first-order valence-electron chi connectivity index (χ1n) is 6.63. The number of carbonyl (C=O) groups is 1. The lowest BCUT2D eigenvalue weighted by atomic mass is 10.2. The summed E-state index contributed by atoms with van der Waals surface area (Å²) in [6.07, 6.45) is 1.51.